The molecule has 0 unspecified atom stereocenters. The molecule has 0 atom stereocenters. The first-order valence-corrected chi connectivity index (χ1v) is 19.9. The van der Waals surface area contributed by atoms with Crippen LogP contribution < -0.4 is 0 Å². The van der Waals surface area contributed by atoms with Crippen molar-refractivity contribution in [2.24, 2.45) is 52.8 Å². The predicted molar refractivity (Wildman–Crippen MR) is 193 cm³/mol. The van der Waals surface area contributed by atoms with Gasteiger partial charge in [0, 0.05) is 16.9 Å². The molecule has 0 heterocycles. The predicted octanol–water partition coefficient (Wildman–Crippen LogP) is 11.8. The molecule has 6 rings (SSSR count). The molecule has 1 aromatic carbocycles. The molecular weight excluding hydrogens is 584 g/mol. The van der Waals surface area contributed by atoms with E-state index in [0.717, 1.165) is 78.2 Å². The van der Waals surface area contributed by atoms with Gasteiger partial charge in [-0.1, -0.05) is 70.4 Å². The standard InChI is InChI=1S/C35H52O.C8H13ClO/c1-26-4-10-29(11-5-26)31-17-22-34(3,23-18-31)21-16-28-8-14-33(15-9-28)35(36)24-19-32(20-25-35)30-12-6-27(2)7-13-30;1-6-2-4-7(5-3-6)8(9)10/h8-9,14-15,26-27,29-32,36H,4-7,10-13,17-20,22-25H2,1-3H3;6-7H,2-5H2,1H3. The molecule has 5 aliphatic rings. The van der Waals surface area contributed by atoms with E-state index >= 15 is 0 Å². The maximum absolute atomic E-state index is 11.5. The quantitative estimate of drug-likeness (QED) is 0.260. The van der Waals surface area contributed by atoms with E-state index in [9.17, 15) is 9.90 Å². The van der Waals surface area contributed by atoms with Crippen LogP contribution in [0.15, 0.2) is 24.3 Å². The number of hydrogen-bond acceptors (Lipinski definition) is 2. The highest BCUT2D eigenvalue weighted by molar-refractivity contribution is 6.63. The van der Waals surface area contributed by atoms with Crippen molar-refractivity contribution in [1.29, 1.82) is 0 Å². The Morgan fingerprint density at radius 1 is 0.630 bits per heavy atom. The molecule has 0 aliphatic heterocycles. The third-order valence-corrected chi connectivity index (χ3v) is 14.0. The van der Waals surface area contributed by atoms with Crippen LogP contribution in [0.1, 0.15) is 167 Å². The van der Waals surface area contributed by atoms with E-state index in [0.29, 0.717) is 0 Å². The lowest BCUT2D eigenvalue weighted by Gasteiger charge is -2.41. The lowest BCUT2D eigenvalue weighted by molar-refractivity contribution is -0.116. The number of carbonyl (C=O) groups excluding carboxylic acids is 1. The molecular formula is C43H65ClO2. The van der Waals surface area contributed by atoms with Gasteiger partial charge < -0.3 is 5.11 Å². The number of hydrogen-bond donors (Lipinski definition) is 1. The number of halogens is 1. The Morgan fingerprint density at radius 2 is 1.02 bits per heavy atom. The van der Waals surface area contributed by atoms with Gasteiger partial charge in [-0.2, -0.15) is 0 Å². The van der Waals surface area contributed by atoms with Crippen molar-refractivity contribution in [2.45, 2.75) is 162 Å². The van der Waals surface area contributed by atoms with Gasteiger partial charge in [0.05, 0.1) is 5.60 Å². The van der Waals surface area contributed by atoms with Gasteiger partial charge in [-0.3, -0.25) is 4.79 Å². The highest BCUT2D eigenvalue weighted by atomic mass is 35.5. The molecule has 0 aromatic heterocycles. The van der Waals surface area contributed by atoms with E-state index in [1.54, 1.807) is 0 Å². The van der Waals surface area contributed by atoms with E-state index < -0.39 is 5.60 Å². The third-order valence-electron chi connectivity index (χ3n) is 13.7. The minimum absolute atomic E-state index is 0.132. The van der Waals surface area contributed by atoms with Crippen molar-refractivity contribution in [3.63, 3.8) is 0 Å². The zero-order valence-corrected chi connectivity index (χ0v) is 30.6. The Labute approximate surface area is 287 Å². The smallest absolute Gasteiger partial charge is 0.224 e. The van der Waals surface area contributed by atoms with E-state index in [-0.39, 0.29) is 16.6 Å². The summed E-state index contributed by atoms with van der Waals surface area (Å²) in [6.07, 6.45) is 25.3. The molecule has 256 valence electrons. The largest absolute Gasteiger partial charge is 0.385 e. The number of aliphatic hydroxyl groups is 1. The Morgan fingerprint density at radius 3 is 1.46 bits per heavy atom. The van der Waals surface area contributed by atoms with Crippen LogP contribution in [0.5, 0.6) is 0 Å². The van der Waals surface area contributed by atoms with Crippen molar-refractivity contribution in [2.75, 3.05) is 0 Å². The van der Waals surface area contributed by atoms with Crippen LogP contribution in [0.2, 0.25) is 0 Å². The molecule has 0 bridgehead atoms. The van der Waals surface area contributed by atoms with Crippen LogP contribution in [0.25, 0.3) is 0 Å². The lowest BCUT2D eigenvalue weighted by atomic mass is 9.65. The second kappa shape index (κ2) is 16.4. The average molecular weight is 649 g/mol. The normalized spacial score (nSPS) is 40.0. The van der Waals surface area contributed by atoms with E-state index in [2.05, 4.69) is 63.8 Å². The van der Waals surface area contributed by atoms with Gasteiger partial charge in [-0.15, -0.1) is 0 Å². The lowest BCUT2D eigenvalue weighted by Crippen LogP contribution is -2.34. The monoisotopic (exact) mass is 648 g/mol. The van der Waals surface area contributed by atoms with E-state index in [4.69, 9.17) is 11.6 Å². The van der Waals surface area contributed by atoms with Crippen LogP contribution in [0.4, 0.5) is 0 Å². The van der Waals surface area contributed by atoms with E-state index in [1.807, 2.05) is 0 Å². The fourth-order valence-corrected chi connectivity index (χ4v) is 10.1. The Balaban J connectivity index is 0.000000356. The minimum Gasteiger partial charge on any atom is -0.385 e. The zero-order valence-electron chi connectivity index (χ0n) is 29.8. The summed E-state index contributed by atoms with van der Waals surface area (Å²) in [6.45, 7) is 9.46. The van der Waals surface area contributed by atoms with Gasteiger partial charge in [0.25, 0.3) is 0 Å². The van der Waals surface area contributed by atoms with Crippen LogP contribution >= 0.6 is 11.6 Å². The topological polar surface area (TPSA) is 37.3 Å². The maximum atomic E-state index is 11.5. The highest BCUT2D eigenvalue weighted by Crippen LogP contribution is 2.47. The first kappa shape index (κ1) is 36.0. The Hall–Kier alpha value is -1.30. The van der Waals surface area contributed by atoms with Crippen LogP contribution in [0.3, 0.4) is 0 Å². The van der Waals surface area contributed by atoms with Gasteiger partial charge >= 0.3 is 0 Å². The summed E-state index contributed by atoms with van der Waals surface area (Å²) in [5.41, 5.74) is 1.75. The number of benzene rings is 1. The summed E-state index contributed by atoms with van der Waals surface area (Å²) in [6, 6.07) is 8.64. The molecule has 0 spiro atoms. The summed E-state index contributed by atoms with van der Waals surface area (Å²) < 4.78 is 0. The summed E-state index contributed by atoms with van der Waals surface area (Å²) in [5, 5.41) is 11.3. The maximum Gasteiger partial charge on any atom is 0.224 e. The molecule has 46 heavy (non-hydrogen) atoms. The fourth-order valence-electron chi connectivity index (χ4n) is 9.84. The van der Waals surface area contributed by atoms with Gasteiger partial charge in [0.1, 0.15) is 0 Å². The molecule has 1 aromatic rings. The molecule has 2 nitrogen and oxygen atoms in total. The molecule has 1 N–H and O–H groups in total. The highest BCUT2D eigenvalue weighted by Gasteiger charge is 2.38. The van der Waals surface area contributed by atoms with Crippen LogP contribution in [-0.4, -0.2) is 10.3 Å². The van der Waals surface area contributed by atoms with Crippen molar-refractivity contribution < 1.29 is 9.90 Å². The second-order valence-corrected chi connectivity index (χ2v) is 17.8. The minimum atomic E-state index is -0.633. The molecule has 5 aliphatic carbocycles. The summed E-state index contributed by atoms with van der Waals surface area (Å²) in [4.78, 5) is 10.7. The SMILES string of the molecule is CC1CCC(C(=O)Cl)CC1.CC1CCC(C2CCC(C)(C#Cc3ccc(C4(O)CCC(C5CCC(C)CC5)CC4)cc3)CC2)CC1. The van der Waals surface area contributed by atoms with Gasteiger partial charge in [-0.25, -0.2) is 0 Å². The fraction of sp³-hybridized carbons (Fsp3) is 0.791. The summed E-state index contributed by atoms with van der Waals surface area (Å²) in [5.74, 6) is 13.7. The Bertz CT molecular complexity index is 1140. The van der Waals surface area contributed by atoms with Crippen LogP contribution in [0, 0.1) is 64.6 Å². The molecule has 0 radical (unpaired) electrons. The first-order chi connectivity index (χ1) is 22.0. The number of rotatable bonds is 4. The molecule has 5 fully saturated rings. The van der Waals surface area contributed by atoms with Crippen molar-refractivity contribution >= 4 is 16.8 Å². The molecule has 0 saturated heterocycles. The van der Waals surface area contributed by atoms with Gasteiger partial charge in [0.15, 0.2) is 0 Å². The van der Waals surface area contributed by atoms with Gasteiger partial charge in [0.2, 0.25) is 5.24 Å². The molecule has 5 saturated carbocycles. The van der Waals surface area contributed by atoms with E-state index in [1.165, 1.54) is 103 Å². The van der Waals surface area contributed by atoms with Crippen LogP contribution in [-0.2, 0) is 10.4 Å². The molecule has 0 amide bonds. The third kappa shape index (κ3) is 9.88. The zero-order chi connectivity index (χ0) is 32.7. The van der Waals surface area contributed by atoms with Crippen molar-refractivity contribution in [3.05, 3.63) is 35.4 Å². The summed E-state index contributed by atoms with van der Waals surface area (Å²) >= 11 is 5.37. The second-order valence-electron chi connectivity index (χ2n) is 17.4. The number of carbonyl (C=O) groups is 1. The Kier molecular flexibility index (Phi) is 12.8. The van der Waals surface area contributed by atoms with Crippen molar-refractivity contribution in [1.82, 2.24) is 0 Å². The van der Waals surface area contributed by atoms with Gasteiger partial charge in [-0.05, 0) is 180 Å². The molecule has 3 heteroatoms. The average Bonchev–Trinajstić information content (AvgIpc) is 3.06. The first-order valence-electron chi connectivity index (χ1n) is 19.6. The van der Waals surface area contributed by atoms with Crippen molar-refractivity contribution in [3.8, 4) is 11.8 Å². The summed E-state index contributed by atoms with van der Waals surface area (Å²) in [7, 11) is 0.